The zero-order valence-electron chi connectivity index (χ0n) is 19.2. The van der Waals surface area contributed by atoms with E-state index in [0.29, 0.717) is 47.5 Å². The van der Waals surface area contributed by atoms with Crippen molar-refractivity contribution in [3.8, 4) is 28.7 Å². The smallest absolute Gasteiger partial charge is 0.413 e. The molecule has 4 rings (SSSR count). The first kappa shape index (κ1) is 23.1. The second-order valence-corrected chi connectivity index (χ2v) is 8.86. The van der Waals surface area contributed by atoms with Crippen LogP contribution < -0.4 is 14.8 Å². The topological polar surface area (TPSA) is 109 Å². The zero-order valence-corrected chi connectivity index (χ0v) is 19.2. The highest BCUT2D eigenvalue weighted by atomic mass is 19.1. The fourth-order valence-electron chi connectivity index (χ4n) is 3.65. The first-order chi connectivity index (χ1) is 16.2. The number of ether oxygens (including phenoxy) is 3. The van der Waals surface area contributed by atoms with Crippen LogP contribution in [0.3, 0.4) is 0 Å². The van der Waals surface area contributed by atoms with Crippen LogP contribution in [0, 0.1) is 17.1 Å². The maximum atomic E-state index is 13.9. The molecule has 1 aromatic carbocycles. The number of aromatic nitrogens is 2. The summed E-state index contributed by atoms with van der Waals surface area (Å²) in [7, 11) is 0. The zero-order chi connectivity index (χ0) is 24.3. The van der Waals surface area contributed by atoms with Gasteiger partial charge in [-0.3, -0.25) is 5.32 Å². The van der Waals surface area contributed by atoms with Gasteiger partial charge in [0.25, 0.3) is 0 Å². The van der Waals surface area contributed by atoms with E-state index in [9.17, 15) is 14.4 Å². The molecule has 0 spiro atoms. The van der Waals surface area contributed by atoms with E-state index in [1.54, 1.807) is 45.3 Å². The summed E-state index contributed by atoms with van der Waals surface area (Å²) in [5, 5.41) is 12.2. The van der Waals surface area contributed by atoms with Crippen LogP contribution in [0.1, 0.15) is 44.0 Å². The molecule has 1 aliphatic heterocycles. The van der Waals surface area contributed by atoms with Gasteiger partial charge in [0.15, 0.2) is 11.6 Å². The molecule has 0 atom stereocenters. The molecule has 1 aliphatic rings. The lowest BCUT2D eigenvalue weighted by atomic mass is 10.0. The van der Waals surface area contributed by atoms with Crippen LogP contribution >= 0.6 is 0 Å². The van der Waals surface area contributed by atoms with Gasteiger partial charge in [0.2, 0.25) is 0 Å². The van der Waals surface area contributed by atoms with Crippen LogP contribution in [0.15, 0.2) is 36.7 Å². The van der Waals surface area contributed by atoms with Gasteiger partial charge in [0, 0.05) is 34.8 Å². The molecule has 2 bridgehead atoms. The van der Waals surface area contributed by atoms with Crippen molar-refractivity contribution in [2.45, 2.75) is 45.8 Å². The summed E-state index contributed by atoms with van der Waals surface area (Å²) in [4.78, 5) is 19.9. The van der Waals surface area contributed by atoms with Crippen LogP contribution in [-0.4, -0.2) is 28.3 Å². The normalized spacial score (nSPS) is 13.4. The molecule has 0 saturated heterocycles. The minimum Gasteiger partial charge on any atom is -0.493 e. The fourth-order valence-corrected chi connectivity index (χ4v) is 3.65. The Morgan fingerprint density at radius 1 is 1.26 bits per heavy atom. The SMILES string of the molecule is CC(C)(C)OC(=O)Nc1ncc2cc1OCc1cc(F)ccc1OCCCc1[nH]cc(C#N)c1-2. The summed E-state index contributed by atoms with van der Waals surface area (Å²) in [5.41, 5.74) is 2.51. The van der Waals surface area contributed by atoms with Crippen molar-refractivity contribution in [2.24, 2.45) is 0 Å². The van der Waals surface area contributed by atoms with E-state index in [1.807, 2.05) is 0 Å². The summed E-state index contributed by atoms with van der Waals surface area (Å²) in [5.74, 6) is 0.481. The predicted octanol–water partition coefficient (Wildman–Crippen LogP) is 5.34. The average molecular weight is 464 g/mol. The van der Waals surface area contributed by atoms with Gasteiger partial charge in [-0.1, -0.05) is 0 Å². The van der Waals surface area contributed by atoms with Crippen LogP contribution in [0.2, 0.25) is 0 Å². The minimum atomic E-state index is -0.699. The number of halogens is 1. The Bertz CT molecular complexity index is 1260. The number of nitrogens with one attached hydrogen (secondary N) is 2. The van der Waals surface area contributed by atoms with E-state index in [1.165, 1.54) is 12.1 Å². The number of nitriles is 1. The predicted molar refractivity (Wildman–Crippen MR) is 123 cm³/mol. The van der Waals surface area contributed by atoms with Gasteiger partial charge in [0.05, 0.1) is 12.2 Å². The number of amides is 1. The van der Waals surface area contributed by atoms with E-state index in [0.717, 1.165) is 5.69 Å². The van der Waals surface area contributed by atoms with Crippen LogP contribution in [0.25, 0.3) is 11.1 Å². The first-order valence-electron chi connectivity index (χ1n) is 10.9. The molecule has 2 aromatic heterocycles. The van der Waals surface area contributed by atoms with Crippen molar-refractivity contribution < 1.29 is 23.4 Å². The third-order valence-electron chi connectivity index (χ3n) is 5.08. The number of hydrogen-bond acceptors (Lipinski definition) is 6. The highest BCUT2D eigenvalue weighted by Crippen LogP contribution is 2.35. The van der Waals surface area contributed by atoms with Crippen molar-refractivity contribution >= 4 is 11.9 Å². The van der Waals surface area contributed by atoms with Crippen LogP contribution in [0.5, 0.6) is 11.5 Å². The standard InChI is InChI=1S/C25H25FN4O4/c1-25(2,3)34-24(31)30-23-21-10-15(12-29-23)22-17(11-27)13-28-19(22)5-4-8-32-20-7-6-18(26)9-16(20)14-33-21/h6-7,9-10,12-13,28H,4-5,8,14H2,1-3H3,(H,29,30,31). The van der Waals surface area contributed by atoms with E-state index in [-0.39, 0.29) is 18.2 Å². The quantitative estimate of drug-likeness (QED) is 0.503. The molecule has 2 N–H and O–H groups in total. The van der Waals surface area contributed by atoms with Gasteiger partial charge >= 0.3 is 6.09 Å². The molecule has 0 radical (unpaired) electrons. The van der Waals surface area contributed by atoms with Gasteiger partial charge < -0.3 is 19.2 Å². The van der Waals surface area contributed by atoms with Crippen molar-refractivity contribution in [2.75, 3.05) is 11.9 Å². The Morgan fingerprint density at radius 2 is 2.09 bits per heavy atom. The monoisotopic (exact) mass is 464 g/mol. The molecule has 0 saturated carbocycles. The molecule has 34 heavy (non-hydrogen) atoms. The number of carbonyl (C=O) groups is 1. The lowest BCUT2D eigenvalue weighted by Crippen LogP contribution is -2.27. The maximum absolute atomic E-state index is 13.9. The molecule has 3 heterocycles. The highest BCUT2D eigenvalue weighted by molar-refractivity contribution is 5.86. The van der Waals surface area contributed by atoms with E-state index in [2.05, 4.69) is 21.4 Å². The fraction of sp³-hybridized carbons (Fsp3) is 0.320. The molecule has 1 amide bonds. The van der Waals surface area contributed by atoms with Crippen molar-refractivity contribution in [3.05, 3.63) is 59.3 Å². The van der Waals surface area contributed by atoms with E-state index < -0.39 is 17.5 Å². The Hall–Kier alpha value is -4.06. The van der Waals surface area contributed by atoms with Gasteiger partial charge in [-0.25, -0.2) is 14.2 Å². The molecule has 9 heteroatoms. The maximum Gasteiger partial charge on any atom is 0.413 e. The lowest BCUT2D eigenvalue weighted by Gasteiger charge is -2.20. The number of nitrogens with zero attached hydrogens (tertiary/aromatic N) is 2. The number of benzene rings is 1. The van der Waals surface area contributed by atoms with E-state index in [4.69, 9.17) is 14.2 Å². The summed E-state index contributed by atoms with van der Waals surface area (Å²) in [6, 6.07) is 8.14. The van der Waals surface area contributed by atoms with Crippen molar-refractivity contribution in [1.82, 2.24) is 9.97 Å². The minimum absolute atomic E-state index is 0.0215. The molecule has 3 aromatic rings. The third-order valence-corrected chi connectivity index (χ3v) is 5.08. The number of carbonyl (C=O) groups excluding carboxylic acids is 1. The number of pyridine rings is 1. The molecular weight excluding hydrogens is 439 g/mol. The second-order valence-electron chi connectivity index (χ2n) is 8.86. The van der Waals surface area contributed by atoms with Crippen LogP contribution in [-0.2, 0) is 17.8 Å². The van der Waals surface area contributed by atoms with Crippen molar-refractivity contribution in [3.63, 3.8) is 0 Å². The molecule has 0 fully saturated rings. The number of fused-ring (bicyclic) bond motifs is 5. The van der Waals surface area contributed by atoms with Gasteiger partial charge in [-0.05, 0) is 57.9 Å². The summed E-state index contributed by atoms with van der Waals surface area (Å²) in [6.07, 6.45) is 3.83. The summed E-state index contributed by atoms with van der Waals surface area (Å²) in [6.45, 7) is 5.64. The Kier molecular flexibility index (Phi) is 6.41. The molecule has 176 valence electrons. The number of aryl methyl sites for hydroxylation is 1. The highest BCUT2D eigenvalue weighted by Gasteiger charge is 2.21. The number of aromatic amines is 1. The van der Waals surface area contributed by atoms with E-state index >= 15 is 0 Å². The third kappa shape index (κ3) is 5.29. The molecule has 0 aliphatic carbocycles. The Morgan fingerprint density at radius 3 is 2.85 bits per heavy atom. The average Bonchev–Trinajstić information content (AvgIpc) is 3.18. The Balaban J connectivity index is 1.77. The number of H-pyrrole nitrogens is 1. The summed E-state index contributed by atoms with van der Waals surface area (Å²) >= 11 is 0. The molecule has 0 unspecified atom stereocenters. The van der Waals surface area contributed by atoms with Gasteiger partial charge in [0.1, 0.15) is 29.8 Å². The molecular formula is C25H25FN4O4. The van der Waals surface area contributed by atoms with Crippen LogP contribution in [0.4, 0.5) is 15.0 Å². The van der Waals surface area contributed by atoms with Gasteiger partial charge in [-0.15, -0.1) is 0 Å². The van der Waals surface area contributed by atoms with Gasteiger partial charge in [-0.2, -0.15) is 5.26 Å². The lowest BCUT2D eigenvalue weighted by molar-refractivity contribution is 0.0634. The number of hydrogen-bond donors (Lipinski definition) is 2. The Labute approximate surface area is 196 Å². The van der Waals surface area contributed by atoms with Crippen molar-refractivity contribution in [1.29, 1.82) is 5.26 Å². The number of anilines is 1. The number of rotatable bonds is 1. The first-order valence-corrected chi connectivity index (χ1v) is 10.9. The summed E-state index contributed by atoms with van der Waals surface area (Å²) < 4.78 is 31.1. The molecule has 8 nitrogen and oxygen atoms in total. The largest absolute Gasteiger partial charge is 0.493 e. The second kappa shape index (κ2) is 9.43.